The molecule has 2 saturated heterocycles. The van der Waals surface area contributed by atoms with E-state index in [2.05, 4.69) is 21.4 Å². The number of hydrogen-bond acceptors (Lipinski definition) is 8. The summed E-state index contributed by atoms with van der Waals surface area (Å²) < 4.78 is 34.0. The molecule has 48 heavy (non-hydrogen) atoms. The summed E-state index contributed by atoms with van der Waals surface area (Å²) in [5.41, 5.74) is 2.23. The van der Waals surface area contributed by atoms with Gasteiger partial charge >= 0.3 is 5.69 Å². The maximum absolute atomic E-state index is 16.6. The lowest BCUT2D eigenvalue weighted by molar-refractivity contribution is -0.128. The summed E-state index contributed by atoms with van der Waals surface area (Å²) in [5, 5.41) is 0.318. The Kier molecular flexibility index (Phi) is 8.22. The van der Waals surface area contributed by atoms with Gasteiger partial charge in [0.2, 0.25) is 5.91 Å². The minimum Gasteiger partial charge on any atom is -0.368 e. The second-order valence-corrected chi connectivity index (χ2v) is 13.4. The lowest BCUT2D eigenvalue weighted by atomic mass is 10.0. The van der Waals surface area contributed by atoms with Crippen molar-refractivity contribution < 1.29 is 13.6 Å². The van der Waals surface area contributed by atoms with E-state index in [0.717, 1.165) is 25.2 Å². The zero-order valence-corrected chi connectivity index (χ0v) is 27.8. The molecule has 4 aliphatic heterocycles. The van der Waals surface area contributed by atoms with Crippen LogP contribution >= 0.6 is 0 Å². The molecule has 8 rings (SSSR count). The first-order valence-corrected chi connectivity index (χ1v) is 16.6. The number of carbonyl (C=O) groups is 1. The van der Waals surface area contributed by atoms with Crippen molar-refractivity contribution in [1.29, 1.82) is 0 Å². The highest BCUT2D eigenvalue weighted by atomic mass is 19.1. The summed E-state index contributed by atoms with van der Waals surface area (Å²) in [6.45, 7) is 15.8. The number of aromatic nitrogens is 4. The summed E-state index contributed by atoms with van der Waals surface area (Å²) in [5.74, 6) is -1.27. The van der Waals surface area contributed by atoms with Gasteiger partial charge in [-0.15, -0.1) is 0 Å². The van der Waals surface area contributed by atoms with E-state index in [4.69, 9.17) is 9.97 Å². The minimum atomic E-state index is -0.718. The summed E-state index contributed by atoms with van der Waals surface area (Å²) in [4.78, 5) is 49.4. The van der Waals surface area contributed by atoms with Crippen molar-refractivity contribution in [3.63, 3.8) is 0 Å². The van der Waals surface area contributed by atoms with Gasteiger partial charge in [-0.1, -0.05) is 26.5 Å². The quantitative estimate of drug-likeness (QED) is 0.298. The van der Waals surface area contributed by atoms with E-state index in [9.17, 15) is 9.59 Å². The third-order valence-electron chi connectivity index (χ3n) is 9.96. The normalized spacial score (nSPS) is 19.9. The Morgan fingerprint density at radius 1 is 1.00 bits per heavy atom. The predicted molar refractivity (Wildman–Crippen MR) is 183 cm³/mol. The molecule has 4 aliphatic rings. The minimum absolute atomic E-state index is 0.0570. The fourth-order valence-corrected chi connectivity index (χ4v) is 7.44. The first-order valence-electron chi connectivity index (χ1n) is 16.6. The molecule has 0 unspecified atom stereocenters. The molecule has 0 N–H and O–H groups in total. The number of pyridine rings is 2. The third-order valence-corrected chi connectivity index (χ3v) is 9.96. The van der Waals surface area contributed by atoms with Crippen molar-refractivity contribution in [2.45, 2.75) is 52.1 Å². The maximum Gasteiger partial charge on any atom is 0.355 e. The standard InChI is InChI=1S/C36H40F2N8O2/c1-6-29(47)44-19-23(5)45(20-22(44)4)34-25-18-27(38)32-30-26(37)8-7-9-28(30)43-16-14-42(15-17-43)13-11-24-10-12-39-31(21(2)3)33(24)46(35(25)40-32)36(48)41-34/h6-10,12,18,21-23H,1,11,13-17,19-20H2,2-5H3/t22-,23+/m1/s1. The number of rotatable bonds is 3. The van der Waals surface area contributed by atoms with Crippen molar-refractivity contribution in [3.8, 4) is 16.9 Å². The van der Waals surface area contributed by atoms with Crippen LogP contribution in [0, 0.1) is 11.6 Å². The SMILES string of the molecule is C=CC(=O)N1C[C@H](C)N(c2nc(=O)n3c4nc(c(F)cc24)-c2c(F)cccc2N2CCN(CCc4ccnc(C(C)C)c4-3)CC2)C[C@H]1C. The third kappa shape index (κ3) is 5.32. The predicted octanol–water partition coefficient (Wildman–Crippen LogP) is 4.53. The number of fused-ring (bicyclic) bond motifs is 3. The molecular formula is C36H40F2N8O2. The molecule has 10 nitrogen and oxygen atoms in total. The number of amides is 1. The molecular weight excluding hydrogens is 614 g/mol. The van der Waals surface area contributed by atoms with Gasteiger partial charge in [0, 0.05) is 69.8 Å². The van der Waals surface area contributed by atoms with Gasteiger partial charge in [0.05, 0.1) is 22.3 Å². The lowest BCUT2D eigenvalue weighted by Crippen LogP contribution is -2.58. The van der Waals surface area contributed by atoms with Gasteiger partial charge in [0.25, 0.3) is 0 Å². The van der Waals surface area contributed by atoms with Crippen LogP contribution in [-0.4, -0.2) is 93.1 Å². The molecule has 3 aromatic heterocycles. The van der Waals surface area contributed by atoms with E-state index in [1.54, 1.807) is 23.2 Å². The Balaban J connectivity index is 1.55. The van der Waals surface area contributed by atoms with Gasteiger partial charge in [-0.25, -0.2) is 23.1 Å². The van der Waals surface area contributed by atoms with Crippen molar-refractivity contribution in [2.24, 2.45) is 0 Å². The summed E-state index contributed by atoms with van der Waals surface area (Å²) in [6, 6.07) is 7.53. The van der Waals surface area contributed by atoms with Crippen LogP contribution < -0.4 is 15.5 Å². The Morgan fingerprint density at radius 2 is 1.77 bits per heavy atom. The first kappa shape index (κ1) is 31.9. The van der Waals surface area contributed by atoms with Gasteiger partial charge in [0.15, 0.2) is 11.5 Å². The Bertz CT molecular complexity index is 1990. The highest BCUT2D eigenvalue weighted by molar-refractivity contribution is 5.92. The number of nitrogens with zero attached hydrogens (tertiary/aromatic N) is 8. The van der Waals surface area contributed by atoms with E-state index in [1.807, 2.05) is 38.7 Å². The van der Waals surface area contributed by atoms with Crippen LogP contribution in [-0.2, 0) is 11.2 Å². The second-order valence-electron chi connectivity index (χ2n) is 13.4. The van der Waals surface area contributed by atoms with Crippen LogP contribution in [0.3, 0.4) is 0 Å². The zero-order valence-electron chi connectivity index (χ0n) is 27.8. The van der Waals surface area contributed by atoms with Gasteiger partial charge in [-0.05, 0) is 62.1 Å². The van der Waals surface area contributed by atoms with Crippen molar-refractivity contribution in [3.05, 3.63) is 82.6 Å². The molecule has 0 saturated carbocycles. The highest BCUT2D eigenvalue weighted by Crippen LogP contribution is 2.38. The van der Waals surface area contributed by atoms with Crippen LogP contribution in [0.5, 0.6) is 0 Å². The highest BCUT2D eigenvalue weighted by Gasteiger charge is 2.35. The first-order chi connectivity index (χ1) is 23.1. The fraction of sp³-hybridized carbons (Fsp3) is 0.417. The van der Waals surface area contributed by atoms with Crippen LogP contribution in [0.2, 0.25) is 0 Å². The molecule has 4 bridgehead atoms. The number of carbonyl (C=O) groups excluding carboxylic acids is 1. The maximum atomic E-state index is 16.6. The second kappa shape index (κ2) is 12.4. The molecule has 1 amide bonds. The van der Waals surface area contributed by atoms with E-state index >= 15 is 8.78 Å². The largest absolute Gasteiger partial charge is 0.368 e. The lowest BCUT2D eigenvalue weighted by Gasteiger charge is -2.44. The van der Waals surface area contributed by atoms with Crippen molar-refractivity contribution >= 4 is 28.4 Å². The topological polar surface area (TPSA) is 90.7 Å². The van der Waals surface area contributed by atoms with Gasteiger partial charge in [0.1, 0.15) is 17.3 Å². The average Bonchev–Trinajstić information content (AvgIpc) is 3.07. The molecule has 7 heterocycles. The molecule has 12 heteroatoms. The van der Waals surface area contributed by atoms with E-state index in [1.165, 1.54) is 22.8 Å². The molecule has 0 radical (unpaired) electrons. The Hall–Kier alpha value is -4.71. The monoisotopic (exact) mass is 654 g/mol. The molecule has 0 spiro atoms. The van der Waals surface area contributed by atoms with Crippen LogP contribution in [0.4, 0.5) is 20.3 Å². The fourth-order valence-electron chi connectivity index (χ4n) is 7.44. The van der Waals surface area contributed by atoms with Gasteiger partial charge in [-0.2, -0.15) is 4.98 Å². The Labute approximate surface area is 278 Å². The van der Waals surface area contributed by atoms with Crippen molar-refractivity contribution in [2.75, 3.05) is 55.6 Å². The summed E-state index contributed by atoms with van der Waals surface area (Å²) in [6.07, 6.45) is 3.71. The molecule has 2 atom stereocenters. The number of halogens is 2. The van der Waals surface area contributed by atoms with Crippen molar-refractivity contribution in [1.82, 2.24) is 29.3 Å². The van der Waals surface area contributed by atoms with Crippen LogP contribution in [0.15, 0.2) is 54.0 Å². The number of piperazine rings is 2. The van der Waals surface area contributed by atoms with E-state index < -0.39 is 17.3 Å². The van der Waals surface area contributed by atoms with Gasteiger partial charge < -0.3 is 14.7 Å². The smallest absolute Gasteiger partial charge is 0.355 e. The van der Waals surface area contributed by atoms with Crippen LogP contribution in [0.25, 0.3) is 28.0 Å². The Morgan fingerprint density at radius 3 is 2.50 bits per heavy atom. The molecule has 250 valence electrons. The molecule has 0 aliphatic carbocycles. The average molecular weight is 655 g/mol. The van der Waals surface area contributed by atoms with Crippen LogP contribution in [0.1, 0.15) is 44.9 Å². The number of benzene rings is 1. The molecule has 4 aromatic rings. The number of hydrogen-bond donors (Lipinski definition) is 0. The van der Waals surface area contributed by atoms with E-state index in [0.29, 0.717) is 55.1 Å². The van der Waals surface area contributed by atoms with Gasteiger partial charge in [-0.3, -0.25) is 14.7 Å². The summed E-state index contributed by atoms with van der Waals surface area (Å²) in [7, 11) is 0. The summed E-state index contributed by atoms with van der Waals surface area (Å²) >= 11 is 0. The molecule has 1 aromatic carbocycles. The molecule has 2 fully saturated rings. The van der Waals surface area contributed by atoms with E-state index in [-0.39, 0.29) is 46.6 Å². The number of anilines is 2. The zero-order chi connectivity index (χ0) is 33.9.